The third kappa shape index (κ3) is 2.98. The lowest BCUT2D eigenvalue weighted by molar-refractivity contribution is 0.0683. The highest BCUT2D eigenvalue weighted by Crippen LogP contribution is 2.30. The van der Waals surface area contributed by atoms with Gasteiger partial charge in [-0.05, 0) is 25.8 Å². The molecule has 0 radical (unpaired) electrons. The van der Waals surface area contributed by atoms with Crippen LogP contribution in [0.25, 0.3) is 10.9 Å². The smallest absolute Gasteiger partial charge is 0.339 e. The number of benzene rings is 1. The Hall–Kier alpha value is -2.80. The van der Waals surface area contributed by atoms with Crippen LogP contribution in [0.1, 0.15) is 45.4 Å². The molecule has 0 atom stereocenters. The zero-order chi connectivity index (χ0) is 19.1. The standard InChI is InChI=1S/C19H19ClN4O3/c1-11-14(19(26)27)10-21-24(11)12-6-8-23(9-7-12)18(25)17-16(20)13-4-2-3-5-15(13)22-17/h2-5,10,12,22H,6-9H2,1H3,(H,26,27). The Balaban J connectivity index is 1.49. The van der Waals surface area contributed by atoms with Gasteiger partial charge in [0.25, 0.3) is 5.91 Å². The number of aromatic amines is 1. The maximum atomic E-state index is 12.9. The number of likely N-dealkylation sites (tertiary alicyclic amines) is 1. The molecule has 7 nitrogen and oxygen atoms in total. The maximum Gasteiger partial charge on any atom is 0.339 e. The number of halogens is 1. The predicted molar refractivity (Wildman–Crippen MR) is 101 cm³/mol. The number of piperidine rings is 1. The molecular formula is C19H19ClN4O3. The van der Waals surface area contributed by atoms with Gasteiger partial charge in [-0.3, -0.25) is 9.48 Å². The number of para-hydroxylation sites is 1. The number of hydrogen-bond acceptors (Lipinski definition) is 3. The van der Waals surface area contributed by atoms with Crippen LogP contribution in [-0.2, 0) is 0 Å². The van der Waals surface area contributed by atoms with E-state index in [9.17, 15) is 14.7 Å². The van der Waals surface area contributed by atoms with Crippen molar-refractivity contribution in [3.63, 3.8) is 0 Å². The Morgan fingerprint density at radius 1 is 1.26 bits per heavy atom. The van der Waals surface area contributed by atoms with Crippen LogP contribution in [0, 0.1) is 6.92 Å². The number of fused-ring (bicyclic) bond motifs is 1. The molecule has 0 unspecified atom stereocenters. The van der Waals surface area contributed by atoms with Crippen molar-refractivity contribution in [3.05, 3.63) is 52.4 Å². The first-order chi connectivity index (χ1) is 13.0. The normalized spacial score (nSPS) is 15.4. The summed E-state index contributed by atoms with van der Waals surface area (Å²) < 4.78 is 1.77. The molecule has 4 rings (SSSR count). The molecule has 2 aromatic heterocycles. The summed E-state index contributed by atoms with van der Waals surface area (Å²) in [6, 6.07) is 7.65. The Bertz CT molecular complexity index is 1030. The molecule has 1 aromatic carbocycles. The average Bonchev–Trinajstić information content (AvgIpc) is 3.22. The number of carbonyl (C=O) groups excluding carboxylic acids is 1. The topological polar surface area (TPSA) is 91.2 Å². The zero-order valence-electron chi connectivity index (χ0n) is 14.8. The summed E-state index contributed by atoms with van der Waals surface area (Å²) in [5, 5.41) is 14.7. The Labute approximate surface area is 160 Å². The van der Waals surface area contributed by atoms with Crippen molar-refractivity contribution in [2.24, 2.45) is 0 Å². The molecule has 1 fully saturated rings. The number of aromatic carboxylic acids is 1. The summed E-state index contributed by atoms with van der Waals surface area (Å²) >= 11 is 6.40. The second-order valence-electron chi connectivity index (χ2n) is 6.78. The van der Waals surface area contributed by atoms with Crippen molar-refractivity contribution >= 4 is 34.4 Å². The van der Waals surface area contributed by atoms with Gasteiger partial charge in [0.05, 0.1) is 23.0 Å². The SMILES string of the molecule is Cc1c(C(=O)O)cnn1C1CCN(C(=O)c2[nH]c3ccccc3c2Cl)CC1. The van der Waals surface area contributed by atoms with Crippen LogP contribution in [0.2, 0.25) is 5.02 Å². The van der Waals surface area contributed by atoms with Crippen LogP contribution in [0.15, 0.2) is 30.5 Å². The van der Waals surface area contributed by atoms with Crippen LogP contribution in [0.3, 0.4) is 0 Å². The van der Waals surface area contributed by atoms with Gasteiger partial charge in [0.15, 0.2) is 0 Å². The molecule has 1 aliphatic heterocycles. The van der Waals surface area contributed by atoms with Crippen LogP contribution < -0.4 is 0 Å². The van der Waals surface area contributed by atoms with E-state index in [4.69, 9.17) is 11.6 Å². The lowest BCUT2D eigenvalue weighted by atomic mass is 10.0. The first-order valence-corrected chi connectivity index (χ1v) is 9.18. The summed E-state index contributed by atoms with van der Waals surface area (Å²) in [6.07, 6.45) is 2.82. The fourth-order valence-corrected chi connectivity index (χ4v) is 4.02. The number of carbonyl (C=O) groups is 2. The summed E-state index contributed by atoms with van der Waals surface area (Å²) in [5.74, 6) is -1.09. The van der Waals surface area contributed by atoms with E-state index in [2.05, 4.69) is 10.1 Å². The second-order valence-corrected chi connectivity index (χ2v) is 7.15. The molecular weight excluding hydrogens is 368 g/mol. The molecule has 3 aromatic rings. The summed E-state index contributed by atoms with van der Waals surface area (Å²) in [5.41, 5.74) is 2.12. The van der Waals surface area contributed by atoms with Crippen LogP contribution in [0.5, 0.6) is 0 Å². The van der Waals surface area contributed by atoms with E-state index >= 15 is 0 Å². The maximum absolute atomic E-state index is 12.9. The molecule has 1 saturated heterocycles. The molecule has 2 N–H and O–H groups in total. The Kier molecular flexibility index (Phi) is 4.39. The minimum absolute atomic E-state index is 0.0836. The highest BCUT2D eigenvalue weighted by Gasteiger charge is 2.29. The van der Waals surface area contributed by atoms with E-state index < -0.39 is 5.97 Å². The number of hydrogen-bond donors (Lipinski definition) is 2. The van der Waals surface area contributed by atoms with Crippen LogP contribution in [0.4, 0.5) is 0 Å². The highest BCUT2D eigenvalue weighted by molar-refractivity contribution is 6.38. The fourth-order valence-electron chi connectivity index (χ4n) is 3.73. The van der Waals surface area contributed by atoms with Gasteiger partial charge in [0, 0.05) is 24.0 Å². The number of carboxylic acids is 1. The van der Waals surface area contributed by atoms with Gasteiger partial charge in [0.2, 0.25) is 0 Å². The number of amides is 1. The number of nitrogens with zero attached hydrogens (tertiary/aromatic N) is 3. The third-order valence-corrected chi connectivity index (χ3v) is 5.62. The van der Waals surface area contributed by atoms with Gasteiger partial charge < -0.3 is 15.0 Å². The van der Waals surface area contributed by atoms with Crippen molar-refractivity contribution in [2.75, 3.05) is 13.1 Å². The Morgan fingerprint density at radius 2 is 1.96 bits per heavy atom. The summed E-state index contributed by atoms with van der Waals surface area (Å²) in [7, 11) is 0. The molecule has 8 heteroatoms. The summed E-state index contributed by atoms with van der Waals surface area (Å²) in [6.45, 7) is 2.89. The Morgan fingerprint density at radius 3 is 2.59 bits per heavy atom. The van der Waals surface area contributed by atoms with Gasteiger partial charge in [-0.1, -0.05) is 29.8 Å². The number of nitrogens with one attached hydrogen (secondary N) is 1. The number of carboxylic acid groups (broad SMARTS) is 1. The van der Waals surface area contributed by atoms with Crippen molar-refractivity contribution in [2.45, 2.75) is 25.8 Å². The largest absolute Gasteiger partial charge is 0.478 e. The van der Waals surface area contributed by atoms with Gasteiger partial charge in [0.1, 0.15) is 11.3 Å². The highest BCUT2D eigenvalue weighted by atomic mass is 35.5. The van der Waals surface area contributed by atoms with E-state index in [0.717, 1.165) is 10.9 Å². The first-order valence-electron chi connectivity index (χ1n) is 8.80. The van der Waals surface area contributed by atoms with E-state index in [0.29, 0.717) is 42.3 Å². The molecule has 0 aliphatic carbocycles. The molecule has 1 aliphatic rings. The number of aromatic nitrogens is 3. The van der Waals surface area contributed by atoms with Gasteiger partial charge in [-0.2, -0.15) is 5.10 Å². The minimum atomic E-state index is -0.972. The van der Waals surface area contributed by atoms with Crippen LogP contribution in [-0.4, -0.2) is 49.7 Å². The van der Waals surface area contributed by atoms with Gasteiger partial charge in [-0.15, -0.1) is 0 Å². The lowest BCUT2D eigenvalue weighted by Gasteiger charge is -2.32. The van der Waals surface area contributed by atoms with Crippen molar-refractivity contribution in [3.8, 4) is 0 Å². The zero-order valence-corrected chi connectivity index (χ0v) is 15.5. The molecule has 0 spiro atoms. The van der Waals surface area contributed by atoms with E-state index in [1.54, 1.807) is 16.5 Å². The fraction of sp³-hybridized carbons (Fsp3) is 0.316. The monoisotopic (exact) mass is 386 g/mol. The van der Waals surface area contributed by atoms with E-state index in [1.165, 1.54) is 6.20 Å². The van der Waals surface area contributed by atoms with Crippen molar-refractivity contribution in [1.82, 2.24) is 19.7 Å². The minimum Gasteiger partial charge on any atom is -0.478 e. The molecule has 1 amide bonds. The van der Waals surface area contributed by atoms with Gasteiger partial charge >= 0.3 is 5.97 Å². The number of rotatable bonds is 3. The molecule has 3 heterocycles. The molecule has 0 bridgehead atoms. The summed E-state index contributed by atoms with van der Waals surface area (Å²) in [4.78, 5) is 29.0. The van der Waals surface area contributed by atoms with E-state index in [1.807, 2.05) is 24.3 Å². The van der Waals surface area contributed by atoms with Crippen molar-refractivity contribution in [1.29, 1.82) is 0 Å². The lowest BCUT2D eigenvalue weighted by Crippen LogP contribution is -2.39. The van der Waals surface area contributed by atoms with Crippen molar-refractivity contribution < 1.29 is 14.7 Å². The van der Waals surface area contributed by atoms with E-state index in [-0.39, 0.29) is 17.5 Å². The molecule has 0 saturated carbocycles. The second kappa shape index (κ2) is 6.74. The van der Waals surface area contributed by atoms with Gasteiger partial charge in [-0.25, -0.2) is 4.79 Å². The number of H-pyrrole nitrogens is 1. The molecule has 140 valence electrons. The van der Waals surface area contributed by atoms with Crippen LogP contribution >= 0.6 is 11.6 Å². The first kappa shape index (κ1) is 17.6. The molecule has 27 heavy (non-hydrogen) atoms. The quantitative estimate of drug-likeness (QED) is 0.720. The predicted octanol–water partition coefficient (Wildman–Crippen LogP) is 3.50. The average molecular weight is 387 g/mol. The third-order valence-electron chi connectivity index (χ3n) is 5.23.